The maximum Gasteiger partial charge on any atom is 0.280 e. The van der Waals surface area contributed by atoms with Crippen molar-refractivity contribution in [3.63, 3.8) is 0 Å². The summed E-state index contributed by atoms with van der Waals surface area (Å²) in [5.74, 6) is 0.977. The van der Waals surface area contributed by atoms with Crippen LogP contribution in [0.2, 0.25) is 0 Å². The van der Waals surface area contributed by atoms with Gasteiger partial charge in [0.25, 0.3) is 5.91 Å². The van der Waals surface area contributed by atoms with Crippen molar-refractivity contribution < 1.29 is 22.7 Å². The van der Waals surface area contributed by atoms with Crippen LogP contribution in [0.25, 0.3) is 6.08 Å². The smallest absolute Gasteiger partial charge is 0.280 e. The van der Waals surface area contributed by atoms with Crippen molar-refractivity contribution in [2.24, 2.45) is 10.2 Å². The minimum Gasteiger partial charge on any atom is -0.454 e. The van der Waals surface area contributed by atoms with Gasteiger partial charge < -0.3 is 9.47 Å². The predicted octanol–water partition coefficient (Wildman–Crippen LogP) is 1.87. The van der Waals surface area contributed by atoms with Crippen LogP contribution in [-0.2, 0) is 14.8 Å². The van der Waals surface area contributed by atoms with E-state index in [1.54, 1.807) is 25.1 Å². The number of ether oxygens (including phenoxy) is 2. The zero-order chi connectivity index (χ0) is 19.2. The van der Waals surface area contributed by atoms with E-state index in [1.807, 2.05) is 6.07 Å². The molecular formula is C18H15N3O5S. The second-order valence-electron chi connectivity index (χ2n) is 6.01. The van der Waals surface area contributed by atoms with E-state index in [0.29, 0.717) is 28.5 Å². The Morgan fingerprint density at radius 1 is 1.11 bits per heavy atom. The molecule has 2 aromatic carbocycles. The van der Waals surface area contributed by atoms with Crippen molar-refractivity contribution >= 4 is 33.4 Å². The Hall–Kier alpha value is -3.17. The molecular weight excluding hydrogens is 370 g/mol. The number of anilines is 1. The molecule has 0 aromatic heterocycles. The molecule has 8 nitrogen and oxygen atoms in total. The summed E-state index contributed by atoms with van der Waals surface area (Å²) in [6.07, 6.45) is 1.72. The lowest BCUT2D eigenvalue weighted by atomic mass is 10.1. The van der Waals surface area contributed by atoms with Gasteiger partial charge in [-0.25, -0.2) is 13.6 Å². The van der Waals surface area contributed by atoms with E-state index >= 15 is 0 Å². The molecule has 0 aliphatic carbocycles. The summed E-state index contributed by atoms with van der Waals surface area (Å²) in [6.45, 7) is 1.91. The van der Waals surface area contributed by atoms with E-state index in [4.69, 9.17) is 14.6 Å². The van der Waals surface area contributed by atoms with Crippen LogP contribution in [0.1, 0.15) is 12.5 Å². The van der Waals surface area contributed by atoms with Gasteiger partial charge in [-0.3, -0.25) is 4.79 Å². The lowest BCUT2D eigenvalue weighted by Gasteiger charge is -2.12. The van der Waals surface area contributed by atoms with Crippen molar-refractivity contribution in [2.45, 2.75) is 11.8 Å². The Kier molecular flexibility index (Phi) is 3.97. The zero-order valence-corrected chi connectivity index (χ0v) is 15.1. The first-order valence-corrected chi connectivity index (χ1v) is 9.52. The summed E-state index contributed by atoms with van der Waals surface area (Å²) in [6, 6.07) is 11.0. The normalized spacial score (nSPS) is 17.6. The molecule has 1 amide bonds. The van der Waals surface area contributed by atoms with E-state index in [1.165, 1.54) is 29.3 Å². The molecule has 0 radical (unpaired) electrons. The van der Waals surface area contributed by atoms with Crippen molar-refractivity contribution in [2.75, 3.05) is 11.8 Å². The Bertz CT molecular complexity index is 1100. The number of nitrogens with two attached hydrogens (primary N) is 1. The van der Waals surface area contributed by atoms with Crippen LogP contribution in [0.5, 0.6) is 11.5 Å². The van der Waals surface area contributed by atoms with Gasteiger partial charge in [0.05, 0.1) is 21.9 Å². The quantitative estimate of drug-likeness (QED) is 0.811. The third-order valence-electron chi connectivity index (χ3n) is 4.18. The predicted molar refractivity (Wildman–Crippen MR) is 99.0 cm³/mol. The van der Waals surface area contributed by atoms with Crippen LogP contribution in [0.4, 0.5) is 5.69 Å². The van der Waals surface area contributed by atoms with Gasteiger partial charge >= 0.3 is 0 Å². The highest BCUT2D eigenvalue weighted by atomic mass is 32.2. The monoisotopic (exact) mass is 385 g/mol. The number of fused-ring (bicyclic) bond motifs is 1. The van der Waals surface area contributed by atoms with E-state index in [9.17, 15) is 13.2 Å². The maximum atomic E-state index is 12.8. The van der Waals surface area contributed by atoms with E-state index in [0.717, 1.165) is 5.56 Å². The van der Waals surface area contributed by atoms with E-state index < -0.39 is 10.0 Å². The fourth-order valence-electron chi connectivity index (χ4n) is 2.81. The molecule has 0 bridgehead atoms. The number of nitrogens with zero attached hydrogens (tertiary/aromatic N) is 2. The number of hydrogen-bond acceptors (Lipinski definition) is 6. The highest BCUT2D eigenvalue weighted by molar-refractivity contribution is 7.89. The molecule has 2 heterocycles. The van der Waals surface area contributed by atoms with Crippen molar-refractivity contribution in [1.82, 2.24) is 0 Å². The minimum atomic E-state index is -3.80. The molecule has 0 unspecified atom stereocenters. The molecule has 138 valence electrons. The first kappa shape index (κ1) is 17.3. The first-order valence-electron chi connectivity index (χ1n) is 7.97. The average Bonchev–Trinajstić information content (AvgIpc) is 3.20. The first-order chi connectivity index (χ1) is 12.8. The number of carbonyl (C=O) groups is 1. The number of benzene rings is 2. The van der Waals surface area contributed by atoms with Gasteiger partial charge in [-0.1, -0.05) is 6.07 Å². The Morgan fingerprint density at radius 2 is 1.81 bits per heavy atom. The summed E-state index contributed by atoms with van der Waals surface area (Å²) in [4.78, 5) is 12.7. The number of carbonyl (C=O) groups excluding carboxylic acids is 1. The largest absolute Gasteiger partial charge is 0.454 e. The SMILES string of the molecule is CC1=NN(c2ccc(S(N)(=O)=O)cc2)C(=O)C1=Cc1ccc2c(c1)OCO2. The third kappa shape index (κ3) is 3.18. The van der Waals surface area contributed by atoms with Gasteiger partial charge in [-0.2, -0.15) is 10.1 Å². The van der Waals surface area contributed by atoms with Gasteiger partial charge in [-0.05, 0) is 55.0 Å². The molecule has 2 N–H and O–H groups in total. The second-order valence-corrected chi connectivity index (χ2v) is 7.57. The lowest BCUT2D eigenvalue weighted by molar-refractivity contribution is -0.114. The molecule has 2 aromatic rings. The van der Waals surface area contributed by atoms with Crippen LogP contribution in [-0.4, -0.2) is 26.8 Å². The number of amides is 1. The molecule has 27 heavy (non-hydrogen) atoms. The van der Waals surface area contributed by atoms with Crippen LogP contribution in [0.3, 0.4) is 0 Å². The molecule has 4 rings (SSSR count). The highest BCUT2D eigenvalue weighted by Gasteiger charge is 2.29. The highest BCUT2D eigenvalue weighted by Crippen LogP contribution is 2.34. The van der Waals surface area contributed by atoms with Crippen molar-refractivity contribution in [3.05, 3.63) is 53.6 Å². The van der Waals surface area contributed by atoms with E-state index in [-0.39, 0.29) is 17.6 Å². The molecule has 2 aliphatic heterocycles. The minimum absolute atomic E-state index is 0.0327. The summed E-state index contributed by atoms with van der Waals surface area (Å²) >= 11 is 0. The molecule has 9 heteroatoms. The maximum absolute atomic E-state index is 12.8. The molecule has 0 fully saturated rings. The number of hydrazone groups is 1. The van der Waals surface area contributed by atoms with Crippen LogP contribution >= 0.6 is 0 Å². The standard InChI is InChI=1S/C18H15N3O5S/c1-11-15(8-12-2-7-16-17(9-12)26-10-25-16)18(22)21(20-11)13-3-5-14(6-4-13)27(19,23)24/h2-9H,10H2,1H3,(H2,19,23,24). The fraction of sp³-hybridized carbons (Fsp3) is 0.111. The van der Waals surface area contributed by atoms with Crippen LogP contribution < -0.4 is 19.6 Å². The molecule has 0 saturated heterocycles. The van der Waals surface area contributed by atoms with Gasteiger partial charge in [0, 0.05) is 0 Å². The van der Waals surface area contributed by atoms with Gasteiger partial charge in [-0.15, -0.1) is 0 Å². The lowest BCUT2D eigenvalue weighted by Crippen LogP contribution is -2.21. The van der Waals surface area contributed by atoms with Crippen LogP contribution in [0.15, 0.2) is 58.0 Å². The molecule has 0 spiro atoms. The number of hydrogen-bond donors (Lipinski definition) is 1. The van der Waals surface area contributed by atoms with Gasteiger partial charge in [0.15, 0.2) is 11.5 Å². The number of rotatable bonds is 3. The fourth-order valence-corrected chi connectivity index (χ4v) is 3.32. The van der Waals surface area contributed by atoms with E-state index in [2.05, 4.69) is 5.10 Å². The molecule has 0 saturated carbocycles. The van der Waals surface area contributed by atoms with Crippen molar-refractivity contribution in [1.29, 1.82) is 0 Å². The third-order valence-corrected chi connectivity index (χ3v) is 5.11. The summed E-state index contributed by atoms with van der Waals surface area (Å²) in [7, 11) is -3.80. The molecule has 2 aliphatic rings. The summed E-state index contributed by atoms with van der Waals surface area (Å²) < 4.78 is 33.3. The Balaban J connectivity index is 1.63. The van der Waals surface area contributed by atoms with Gasteiger partial charge in [0.2, 0.25) is 16.8 Å². The van der Waals surface area contributed by atoms with Crippen LogP contribution in [0, 0.1) is 0 Å². The molecule has 0 atom stereocenters. The topological polar surface area (TPSA) is 111 Å². The van der Waals surface area contributed by atoms with Gasteiger partial charge in [0.1, 0.15) is 0 Å². The average molecular weight is 385 g/mol. The number of primary sulfonamides is 1. The summed E-state index contributed by atoms with van der Waals surface area (Å²) in [5.41, 5.74) is 2.21. The number of sulfonamides is 1. The summed E-state index contributed by atoms with van der Waals surface area (Å²) in [5, 5.41) is 10.6. The van der Waals surface area contributed by atoms with Crippen molar-refractivity contribution in [3.8, 4) is 11.5 Å². The zero-order valence-electron chi connectivity index (χ0n) is 14.2. The Labute approximate surface area is 155 Å². The second kappa shape index (κ2) is 6.22. The Morgan fingerprint density at radius 3 is 2.52 bits per heavy atom.